The van der Waals surface area contributed by atoms with Gasteiger partial charge in [-0.2, -0.15) is 0 Å². The molecule has 1 heterocycles. The zero-order valence-electron chi connectivity index (χ0n) is 16.8. The highest BCUT2D eigenvalue weighted by Gasteiger charge is 2.18. The lowest BCUT2D eigenvalue weighted by Gasteiger charge is -2.24. The van der Waals surface area contributed by atoms with E-state index in [1.807, 2.05) is 56.3 Å². The third-order valence-electron chi connectivity index (χ3n) is 4.71. The summed E-state index contributed by atoms with van der Waals surface area (Å²) < 4.78 is 0. The number of amides is 1. The Bertz CT molecular complexity index is 982. The number of hydrogen-bond acceptors (Lipinski definition) is 4. The summed E-state index contributed by atoms with van der Waals surface area (Å²) in [5, 5.41) is 6.33. The Balaban J connectivity index is 1.79. The minimum absolute atomic E-state index is 0.0846. The van der Waals surface area contributed by atoms with E-state index < -0.39 is 0 Å². The molecule has 0 aliphatic heterocycles. The van der Waals surface area contributed by atoms with Gasteiger partial charge in [-0.25, -0.2) is 9.97 Å². The van der Waals surface area contributed by atoms with Crippen molar-refractivity contribution in [1.82, 2.24) is 15.3 Å². The van der Waals surface area contributed by atoms with Crippen LogP contribution in [-0.2, 0) is 0 Å². The summed E-state index contributed by atoms with van der Waals surface area (Å²) in [6.07, 6.45) is 2.40. The number of carbonyl (C=O) groups is 1. The Morgan fingerprint density at radius 2 is 1.82 bits per heavy atom. The monoisotopic (exact) mass is 374 g/mol. The van der Waals surface area contributed by atoms with Crippen molar-refractivity contribution in [2.45, 2.75) is 39.7 Å². The van der Waals surface area contributed by atoms with Gasteiger partial charge in [-0.1, -0.05) is 36.8 Å². The smallest absolute Gasteiger partial charge is 0.251 e. The average Bonchev–Trinajstić information content (AvgIpc) is 2.68. The van der Waals surface area contributed by atoms with Gasteiger partial charge in [-0.3, -0.25) is 4.79 Å². The van der Waals surface area contributed by atoms with Crippen molar-refractivity contribution in [3.8, 4) is 11.3 Å². The van der Waals surface area contributed by atoms with Gasteiger partial charge < -0.3 is 10.6 Å². The van der Waals surface area contributed by atoms with Gasteiger partial charge in [0, 0.05) is 28.4 Å². The van der Waals surface area contributed by atoms with Crippen LogP contribution >= 0.6 is 0 Å². The van der Waals surface area contributed by atoms with E-state index in [0.717, 1.165) is 23.4 Å². The Hall–Kier alpha value is -3.21. The summed E-state index contributed by atoms with van der Waals surface area (Å²) in [6.45, 7) is 8.14. The first-order valence-corrected chi connectivity index (χ1v) is 9.45. The molecule has 2 aromatic carbocycles. The lowest BCUT2D eigenvalue weighted by Crippen LogP contribution is -2.42. The number of anilines is 2. The van der Waals surface area contributed by atoms with E-state index in [4.69, 9.17) is 0 Å². The number of aryl methyl sites for hydroxylation is 1. The topological polar surface area (TPSA) is 66.9 Å². The molecule has 0 aliphatic rings. The van der Waals surface area contributed by atoms with E-state index in [2.05, 4.69) is 46.6 Å². The zero-order valence-corrected chi connectivity index (χ0v) is 16.8. The predicted octanol–water partition coefficient (Wildman–Crippen LogP) is 5.11. The van der Waals surface area contributed by atoms with Crippen molar-refractivity contribution in [2.75, 3.05) is 5.32 Å². The fraction of sp³-hybridized carbons (Fsp3) is 0.261. The normalized spacial score (nSPS) is 11.1. The van der Waals surface area contributed by atoms with E-state index in [9.17, 15) is 4.79 Å². The standard InChI is InChI=1S/C23H26N4O/c1-5-23(3,4)27-22(28)18-10-7-11-19(13-18)26-21-14-20(24-15-25-21)17-9-6-8-16(2)12-17/h6-15H,5H2,1-4H3,(H,27,28)(H,24,25,26). The molecule has 0 bridgehead atoms. The second-order valence-electron chi connectivity index (χ2n) is 7.56. The Morgan fingerprint density at radius 3 is 2.57 bits per heavy atom. The Kier molecular flexibility index (Phi) is 5.73. The van der Waals surface area contributed by atoms with Crippen LogP contribution in [0.2, 0.25) is 0 Å². The molecule has 3 rings (SSSR count). The highest BCUT2D eigenvalue weighted by Crippen LogP contribution is 2.22. The van der Waals surface area contributed by atoms with E-state index in [1.165, 1.54) is 5.56 Å². The molecule has 0 saturated heterocycles. The lowest BCUT2D eigenvalue weighted by molar-refractivity contribution is 0.0911. The molecule has 0 fully saturated rings. The van der Waals surface area contributed by atoms with Crippen molar-refractivity contribution >= 4 is 17.4 Å². The van der Waals surface area contributed by atoms with Crippen LogP contribution in [0.3, 0.4) is 0 Å². The van der Waals surface area contributed by atoms with Crippen molar-refractivity contribution in [2.24, 2.45) is 0 Å². The predicted molar refractivity (Wildman–Crippen MR) is 114 cm³/mol. The minimum atomic E-state index is -0.240. The summed E-state index contributed by atoms with van der Waals surface area (Å²) in [7, 11) is 0. The van der Waals surface area contributed by atoms with Crippen molar-refractivity contribution < 1.29 is 4.79 Å². The second kappa shape index (κ2) is 8.21. The molecule has 2 N–H and O–H groups in total. The number of carbonyl (C=O) groups excluding carboxylic acids is 1. The molecular formula is C23H26N4O. The molecule has 0 radical (unpaired) electrons. The molecule has 0 aliphatic carbocycles. The van der Waals surface area contributed by atoms with Crippen LogP contribution in [-0.4, -0.2) is 21.4 Å². The molecule has 1 amide bonds. The molecule has 1 aromatic heterocycles. The summed E-state index contributed by atoms with van der Waals surface area (Å²) in [5.74, 6) is 0.594. The first-order valence-electron chi connectivity index (χ1n) is 9.45. The van der Waals surface area contributed by atoms with E-state index >= 15 is 0 Å². The van der Waals surface area contributed by atoms with Gasteiger partial charge in [-0.15, -0.1) is 0 Å². The van der Waals surface area contributed by atoms with Gasteiger partial charge in [0.15, 0.2) is 0 Å². The van der Waals surface area contributed by atoms with Crippen LogP contribution in [0, 0.1) is 6.92 Å². The van der Waals surface area contributed by atoms with Gasteiger partial charge >= 0.3 is 0 Å². The van der Waals surface area contributed by atoms with Gasteiger partial charge in [0.2, 0.25) is 0 Å². The SMILES string of the molecule is CCC(C)(C)NC(=O)c1cccc(Nc2cc(-c3cccc(C)c3)ncn2)c1. The van der Waals surface area contributed by atoms with Crippen LogP contribution in [0.5, 0.6) is 0 Å². The van der Waals surface area contributed by atoms with Crippen LogP contribution in [0.25, 0.3) is 11.3 Å². The number of aromatic nitrogens is 2. The molecule has 5 heteroatoms. The molecule has 3 aromatic rings. The molecule has 144 valence electrons. The van der Waals surface area contributed by atoms with Gasteiger partial charge in [0.25, 0.3) is 5.91 Å². The zero-order chi connectivity index (χ0) is 20.1. The quantitative estimate of drug-likeness (QED) is 0.629. The summed E-state index contributed by atoms with van der Waals surface area (Å²) in [6, 6.07) is 17.5. The van der Waals surface area contributed by atoms with E-state index in [1.54, 1.807) is 6.33 Å². The lowest BCUT2D eigenvalue weighted by atomic mass is 10.0. The highest BCUT2D eigenvalue weighted by atomic mass is 16.1. The molecule has 0 saturated carbocycles. The maximum Gasteiger partial charge on any atom is 0.251 e. The molecule has 0 atom stereocenters. The summed E-state index contributed by atoms with van der Waals surface area (Å²) >= 11 is 0. The number of rotatable bonds is 6. The van der Waals surface area contributed by atoms with E-state index in [0.29, 0.717) is 11.4 Å². The van der Waals surface area contributed by atoms with Crippen LogP contribution < -0.4 is 10.6 Å². The third kappa shape index (κ3) is 4.94. The fourth-order valence-corrected chi connectivity index (χ4v) is 2.74. The molecular weight excluding hydrogens is 348 g/mol. The number of nitrogens with one attached hydrogen (secondary N) is 2. The summed E-state index contributed by atoms with van der Waals surface area (Å²) in [4.78, 5) is 21.2. The first-order chi connectivity index (χ1) is 13.4. The summed E-state index contributed by atoms with van der Waals surface area (Å²) in [5.41, 5.74) is 4.24. The largest absolute Gasteiger partial charge is 0.347 e. The van der Waals surface area contributed by atoms with E-state index in [-0.39, 0.29) is 11.4 Å². The number of nitrogens with zero attached hydrogens (tertiary/aromatic N) is 2. The molecule has 5 nitrogen and oxygen atoms in total. The minimum Gasteiger partial charge on any atom is -0.347 e. The molecule has 0 unspecified atom stereocenters. The first kappa shape index (κ1) is 19.5. The maximum atomic E-state index is 12.5. The Labute approximate surface area is 166 Å². The van der Waals surface area contributed by atoms with Gasteiger partial charge in [0.05, 0.1) is 5.69 Å². The fourth-order valence-electron chi connectivity index (χ4n) is 2.74. The highest BCUT2D eigenvalue weighted by molar-refractivity contribution is 5.95. The molecule has 28 heavy (non-hydrogen) atoms. The molecule has 0 spiro atoms. The van der Waals surface area contributed by atoms with Crippen LogP contribution in [0.15, 0.2) is 60.9 Å². The maximum absolute atomic E-state index is 12.5. The average molecular weight is 374 g/mol. The van der Waals surface area contributed by atoms with Crippen LogP contribution in [0.4, 0.5) is 11.5 Å². The second-order valence-corrected chi connectivity index (χ2v) is 7.56. The van der Waals surface area contributed by atoms with Crippen molar-refractivity contribution in [3.05, 3.63) is 72.1 Å². The number of hydrogen-bond donors (Lipinski definition) is 2. The van der Waals surface area contributed by atoms with Crippen molar-refractivity contribution in [3.63, 3.8) is 0 Å². The van der Waals surface area contributed by atoms with Gasteiger partial charge in [0.1, 0.15) is 12.1 Å². The number of benzene rings is 2. The van der Waals surface area contributed by atoms with Crippen molar-refractivity contribution in [1.29, 1.82) is 0 Å². The van der Waals surface area contributed by atoms with Crippen LogP contribution in [0.1, 0.15) is 43.1 Å². The van der Waals surface area contributed by atoms with Gasteiger partial charge in [-0.05, 0) is 51.5 Å². The third-order valence-corrected chi connectivity index (χ3v) is 4.71. The Morgan fingerprint density at radius 1 is 1.04 bits per heavy atom.